The molecule has 0 bridgehead atoms. The molecule has 2 fully saturated rings. The van der Waals surface area contributed by atoms with Gasteiger partial charge in [0.2, 0.25) is 0 Å². The lowest BCUT2D eigenvalue weighted by Crippen LogP contribution is -2.53. The van der Waals surface area contributed by atoms with Crippen molar-refractivity contribution in [2.45, 2.75) is 88.9 Å². The molecule has 0 spiro atoms. The Bertz CT molecular complexity index is 4760. The number of methoxy groups -OCH3 is 2. The summed E-state index contributed by atoms with van der Waals surface area (Å²) < 4.78 is 146. The number of nitrogens with two attached hydrogens (primary N) is 1. The highest BCUT2D eigenvalue weighted by atomic mass is 19.4. The minimum Gasteiger partial charge on any atom is -0.491 e. The fourth-order valence-electron chi connectivity index (χ4n) is 12.7. The highest BCUT2D eigenvalue weighted by Crippen LogP contribution is 2.38. The van der Waals surface area contributed by atoms with Crippen molar-refractivity contribution < 1.29 is 87.8 Å². The van der Waals surface area contributed by atoms with E-state index >= 15 is 4.39 Å². The lowest BCUT2D eigenvalue weighted by molar-refractivity contribution is -0.167. The van der Waals surface area contributed by atoms with Crippen LogP contribution < -0.4 is 52.8 Å². The average Bonchev–Trinajstić information content (AvgIpc) is 0.756. The molecule has 536 valence electrons. The van der Waals surface area contributed by atoms with Gasteiger partial charge in [0.1, 0.15) is 47.3 Å². The number of pyridine rings is 2. The molecule has 33 heteroatoms. The highest BCUT2D eigenvalue weighted by molar-refractivity contribution is 5.99. The van der Waals surface area contributed by atoms with Crippen LogP contribution in [0.2, 0.25) is 0 Å². The summed E-state index contributed by atoms with van der Waals surface area (Å²) in [5.74, 6) is -5.14. The molecule has 4 atom stereocenters. The molecule has 0 saturated carbocycles. The molecule has 0 aliphatic carbocycles. The Morgan fingerprint density at radius 1 is 0.634 bits per heavy atom. The fourth-order valence-corrected chi connectivity index (χ4v) is 12.7. The number of aromatic nitrogens is 6. The van der Waals surface area contributed by atoms with E-state index in [-0.39, 0.29) is 78.5 Å². The maximum atomic E-state index is 15.5. The number of benzene rings is 4. The molecule has 4 aromatic carbocycles. The maximum Gasteiger partial charge on any atom is 0.411 e. The molecule has 4 aliphatic heterocycles. The van der Waals surface area contributed by atoms with Crippen molar-refractivity contribution in [1.29, 1.82) is 0 Å². The number of morpholine rings is 2. The second-order valence-corrected chi connectivity index (χ2v) is 24.0. The number of nitrogens with one attached hydrogen (secondary N) is 1. The first kappa shape index (κ1) is 73.2. The van der Waals surface area contributed by atoms with Crippen molar-refractivity contribution in [3.63, 3.8) is 0 Å². The Labute approximate surface area is 568 Å². The number of carbonyl (C=O) groups is 4. The average molecular weight is 1420 g/mol. The van der Waals surface area contributed by atoms with Gasteiger partial charge in [-0.3, -0.25) is 38.3 Å². The Kier molecular flexibility index (Phi) is 21.8. The zero-order valence-electron chi connectivity index (χ0n) is 55.1. The van der Waals surface area contributed by atoms with Gasteiger partial charge in [0.25, 0.3) is 17.0 Å². The van der Waals surface area contributed by atoms with Crippen molar-refractivity contribution in [2.24, 2.45) is 19.8 Å². The number of hydrogen-bond acceptors (Lipinski definition) is 19. The van der Waals surface area contributed by atoms with Crippen molar-refractivity contribution >= 4 is 57.0 Å². The van der Waals surface area contributed by atoms with Crippen molar-refractivity contribution in [3.05, 3.63) is 183 Å². The molecule has 2 saturated heterocycles. The second-order valence-electron chi connectivity index (χ2n) is 24.0. The number of anilines is 2. The third kappa shape index (κ3) is 15.0. The van der Waals surface area contributed by atoms with Gasteiger partial charge in [0.15, 0.2) is 0 Å². The smallest absolute Gasteiger partial charge is 0.411 e. The molecule has 101 heavy (non-hydrogen) atoms. The van der Waals surface area contributed by atoms with Crippen LogP contribution >= 0.6 is 0 Å². The summed E-state index contributed by atoms with van der Waals surface area (Å²) in [6.07, 6.45) is -0.592. The summed E-state index contributed by atoms with van der Waals surface area (Å²) in [5, 5.41) is 12.0. The van der Waals surface area contributed by atoms with Gasteiger partial charge in [-0.1, -0.05) is 12.1 Å². The van der Waals surface area contributed by atoms with Gasteiger partial charge < -0.3 is 54.4 Å². The minimum atomic E-state index is -4.63. The summed E-state index contributed by atoms with van der Waals surface area (Å²) in [6.45, 7) is 2.28. The van der Waals surface area contributed by atoms with E-state index < -0.39 is 119 Å². The molecule has 0 radical (unpaired) electrons. The molecule has 4 aliphatic rings. The lowest BCUT2D eigenvalue weighted by Gasteiger charge is -2.38. The van der Waals surface area contributed by atoms with Gasteiger partial charge in [-0.25, -0.2) is 37.1 Å². The normalized spacial score (nSPS) is 16.6. The summed E-state index contributed by atoms with van der Waals surface area (Å²) >= 11 is 0. The van der Waals surface area contributed by atoms with E-state index in [9.17, 15) is 69.1 Å². The number of carboxylic acid groups (broad SMARTS) is 1. The number of halogens is 8. The third-order valence-electron chi connectivity index (χ3n) is 17.8. The van der Waals surface area contributed by atoms with Crippen LogP contribution in [0.5, 0.6) is 11.5 Å². The van der Waals surface area contributed by atoms with Gasteiger partial charge in [0, 0.05) is 57.4 Å². The molecule has 12 rings (SSSR count). The van der Waals surface area contributed by atoms with Gasteiger partial charge in [-0.15, -0.1) is 0 Å². The Morgan fingerprint density at radius 2 is 1.07 bits per heavy atom. The van der Waals surface area contributed by atoms with Gasteiger partial charge in [-0.2, -0.15) is 26.3 Å². The molecule has 4 aromatic heterocycles. The number of alkyl halides is 6. The standard InChI is InChI=1S/C34H33F4N5O7.C21H22N4O5.C13H13F4NO3/c1-18-13-20(42-10-12-49-17-27(42)34(36,37)38)15-23(35)28(18)30(44)40-24(32(46)48-3)14-19-6-7-25(29-21(19)5-4-11-50-29)43-31(45)22-8-9-39-16-26(22)41(2)33(43)47;1-24-17-11-23-8-7-14(17)19(26)25(21(24)28)16-6-5-12(10-15(22)20(27)29-2)13-4-3-9-30-18(13)16;1-7-4-8(5-9(14)11(7)12(19)20)18-2-3-21-6-10(18)13(15,16)17/h6-9,13,15-16,24,27H,4-5,10-12,14,17H2,1-3H3,(H,40,44);5-8,11,15H,3-4,9-10,22H2,1-2H3;4-5,10H,2-3,6H2,1H3,(H,19,20)/t24-,27+;15-;10-/m001/s1. The number of hydrogen-bond donors (Lipinski definition) is 3. The number of nitrogens with zero attached hydrogens (tertiary/aromatic N) is 8. The molecule has 8 heterocycles. The van der Waals surface area contributed by atoms with E-state index in [1.807, 2.05) is 0 Å². The largest absolute Gasteiger partial charge is 0.491 e. The quantitative estimate of drug-likeness (QED) is 0.0856. The number of amides is 1. The van der Waals surface area contributed by atoms with Crippen LogP contribution in [0.4, 0.5) is 46.5 Å². The Hall–Kier alpha value is -10.5. The van der Waals surface area contributed by atoms with Crippen LogP contribution in [0.1, 0.15) is 66.9 Å². The fraction of sp³-hybridized carbons (Fsp3) is 0.382. The van der Waals surface area contributed by atoms with Crippen LogP contribution in [-0.2, 0) is 68.3 Å². The number of rotatable bonds is 13. The monoisotopic (exact) mass is 1420 g/mol. The molecule has 0 unspecified atom stereocenters. The lowest BCUT2D eigenvalue weighted by atomic mass is 9.93. The highest BCUT2D eigenvalue weighted by Gasteiger charge is 2.47. The van der Waals surface area contributed by atoms with Crippen molar-refractivity contribution in [3.8, 4) is 22.9 Å². The van der Waals surface area contributed by atoms with E-state index in [0.717, 1.165) is 55.7 Å². The first-order valence-corrected chi connectivity index (χ1v) is 31.5. The zero-order valence-corrected chi connectivity index (χ0v) is 55.1. The first-order valence-electron chi connectivity index (χ1n) is 31.5. The molecule has 4 N–H and O–H groups in total. The maximum absolute atomic E-state index is 15.5. The molecule has 1 amide bonds. The number of carboxylic acids is 1. The second kappa shape index (κ2) is 30.1. The predicted octanol–water partition coefficient (Wildman–Crippen LogP) is 6.19. The van der Waals surface area contributed by atoms with E-state index in [1.165, 1.54) is 86.2 Å². The van der Waals surface area contributed by atoms with E-state index in [1.54, 1.807) is 31.3 Å². The van der Waals surface area contributed by atoms with Crippen molar-refractivity contribution in [2.75, 3.05) is 76.8 Å². The third-order valence-corrected chi connectivity index (χ3v) is 17.8. The van der Waals surface area contributed by atoms with Gasteiger partial charge in [0.05, 0.1) is 111 Å². The van der Waals surface area contributed by atoms with Crippen LogP contribution in [0.25, 0.3) is 33.2 Å². The first-order chi connectivity index (χ1) is 48.0. The topological polar surface area (TPSA) is 302 Å². The van der Waals surface area contributed by atoms with Gasteiger partial charge >= 0.3 is 41.6 Å². The molecular weight excluding hydrogens is 1350 g/mol. The number of carbonyl (C=O) groups excluding carboxylic acids is 3. The summed E-state index contributed by atoms with van der Waals surface area (Å²) in [4.78, 5) is 112. The molecule has 25 nitrogen and oxygen atoms in total. The Balaban J connectivity index is 0.000000182. The van der Waals surface area contributed by atoms with E-state index in [2.05, 4.69) is 15.3 Å². The Morgan fingerprint density at radius 3 is 1.49 bits per heavy atom. The summed E-state index contributed by atoms with van der Waals surface area (Å²) in [5.41, 5.74) is 7.16. The molecular formula is C68H68F8N10O15. The summed E-state index contributed by atoms with van der Waals surface area (Å²) in [6, 6.07) is 7.92. The van der Waals surface area contributed by atoms with Crippen LogP contribution in [0, 0.1) is 25.5 Å². The van der Waals surface area contributed by atoms with Crippen molar-refractivity contribution in [1.82, 2.24) is 33.6 Å². The molecule has 8 aromatic rings. The predicted molar refractivity (Wildman–Crippen MR) is 349 cm³/mol. The number of esters is 2. The van der Waals surface area contributed by atoms with E-state index in [4.69, 9.17) is 39.3 Å². The number of aryl methyl sites for hydroxylation is 4. The number of fused-ring (bicyclic) bond motifs is 4. The number of aromatic carboxylic acids is 1. The minimum absolute atomic E-state index is 0.000579. The van der Waals surface area contributed by atoms with Crippen LogP contribution in [0.15, 0.2) is 105 Å². The number of ether oxygens (including phenoxy) is 6. The van der Waals surface area contributed by atoms with E-state index in [0.29, 0.717) is 71.5 Å². The zero-order chi connectivity index (χ0) is 73.1. The SMILES string of the molecule is COC(=O)[C@@H](N)Cc1ccc(-n2c(=O)c3ccncc3n(C)c2=O)c2c1CCCO2.COC(=O)[C@H](Cc1ccc(-n2c(=O)c3ccncc3n(C)c2=O)c2c1CCCO2)NC(=O)c1c(C)cc(N2CCOC[C@@H]2C(F)(F)F)cc1F.Cc1cc(N2CCOC[C@@H]2C(F)(F)F)cc(F)c1C(=O)O. The van der Waals surface area contributed by atoms with Crippen LogP contribution in [-0.4, -0.2) is 161 Å². The summed E-state index contributed by atoms with van der Waals surface area (Å²) in [7, 11) is 5.54. The van der Waals surface area contributed by atoms with Crippen LogP contribution in [0.3, 0.4) is 0 Å². The van der Waals surface area contributed by atoms with Gasteiger partial charge in [-0.05, 0) is 128 Å².